The van der Waals surface area contributed by atoms with Crippen LogP contribution >= 0.6 is 38.9 Å². The Balaban J connectivity index is 1.75. The van der Waals surface area contributed by atoms with Gasteiger partial charge in [-0.3, -0.25) is 9.88 Å². The molecule has 18 heavy (non-hydrogen) atoms. The van der Waals surface area contributed by atoms with Gasteiger partial charge in [-0.25, -0.2) is 4.98 Å². The third kappa shape index (κ3) is 2.59. The first kappa shape index (κ1) is 12.5. The van der Waals surface area contributed by atoms with Gasteiger partial charge in [0.25, 0.3) is 0 Å². The molecule has 0 atom stereocenters. The van der Waals surface area contributed by atoms with E-state index in [-0.39, 0.29) is 0 Å². The Morgan fingerprint density at radius 2 is 2.33 bits per heavy atom. The van der Waals surface area contributed by atoms with E-state index < -0.39 is 0 Å². The topological polar surface area (TPSA) is 29.0 Å². The van der Waals surface area contributed by atoms with Gasteiger partial charge in [-0.1, -0.05) is 27.5 Å². The van der Waals surface area contributed by atoms with Gasteiger partial charge in [0.2, 0.25) is 0 Å². The van der Waals surface area contributed by atoms with Gasteiger partial charge in [0, 0.05) is 23.8 Å². The molecule has 0 aliphatic carbocycles. The van der Waals surface area contributed by atoms with E-state index in [2.05, 4.69) is 30.8 Å². The summed E-state index contributed by atoms with van der Waals surface area (Å²) in [7, 11) is 0. The molecule has 0 bridgehead atoms. The summed E-state index contributed by atoms with van der Waals surface area (Å²) in [6.45, 7) is 2.77. The molecule has 2 aromatic rings. The number of hydrogen-bond acceptors (Lipinski definition) is 4. The van der Waals surface area contributed by atoms with Crippen LogP contribution in [0.1, 0.15) is 16.3 Å². The predicted molar refractivity (Wildman–Crippen MR) is 76.9 cm³/mol. The number of nitrogens with zero attached hydrogens (tertiary/aromatic N) is 3. The van der Waals surface area contributed by atoms with Crippen molar-refractivity contribution in [2.45, 2.75) is 19.5 Å². The van der Waals surface area contributed by atoms with Crippen LogP contribution in [-0.2, 0) is 19.5 Å². The molecule has 0 spiro atoms. The molecule has 0 saturated heterocycles. The number of aromatic nitrogens is 2. The highest BCUT2D eigenvalue weighted by Gasteiger charge is 2.19. The molecular weight excluding hydrogens is 334 g/mol. The Morgan fingerprint density at radius 1 is 1.44 bits per heavy atom. The fourth-order valence-corrected chi connectivity index (χ4v) is 3.70. The summed E-state index contributed by atoms with van der Waals surface area (Å²) in [6, 6.07) is 2.01. The molecule has 0 N–H and O–H groups in total. The second kappa shape index (κ2) is 5.25. The quantitative estimate of drug-likeness (QED) is 0.835. The largest absolute Gasteiger partial charge is 0.291 e. The second-order valence-electron chi connectivity index (χ2n) is 4.24. The van der Waals surface area contributed by atoms with Gasteiger partial charge < -0.3 is 0 Å². The summed E-state index contributed by atoms with van der Waals surface area (Å²) in [5.74, 6) is 0. The SMILES string of the molecule is Clc1cnc(CN2CCc3c(Br)ccnc3C2)s1. The summed E-state index contributed by atoms with van der Waals surface area (Å²) >= 11 is 11.0. The van der Waals surface area contributed by atoms with Crippen molar-refractivity contribution in [1.82, 2.24) is 14.9 Å². The smallest absolute Gasteiger partial charge is 0.113 e. The fraction of sp³-hybridized carbons (Fsp3) is 0.333. The maximum atomic E-state index is 5.90. The van der Waals surface area contributed by atoms with Gasteiger partial charge in [0.05, 0.1) is 18.4 Å². The van der Waals surface area contributed by atoms with Crippen LogP contribution < -0.4 is 0 Å². The molecule has 94 valence electrons. The van der Waals surface area contributed by atoms with E-state index >= 15 is 0 Å². The van der Waals surface area contributed by atoms with Gasteiger partial charge >= 0.3 is 0 Å². The fourth-order valence-electron chi connectivity index (χ4n) is 2.16. The highest BCUT2D eigenvalue weighted by Crippen LogP contribution is 2.26. The van der Waals surface area contributed by atoms with E-state index in [1.54, 1.807) is 17.5 Å². The van der Waals surface area contributed by atoms with E-state index in [1.165, 1.54) is 15.7 Å². The molecule has 0 fully saturated rings. The van der Waals surface area contributed by atoms with Crippen LogP contribution in [0.25, 0.3) is 0 Å². The lowest BCUT2D eigenvalue weighted by molar-refractivity contribution is 0.241. The molecule has 3 rings (SSSR count). The first-order chi connectivity index (χ1) is 8.72. The van der Waals surface area contributed by atoms with E-state index in [0.717, 1.165) is 35.4 Å². The Hall–Kier alpha value is -0.490. The molecule has 6 heteroatoms. The molecule has 0 radical (unpaired) electrons. The van der Waals surface area contributed by atoms with Crippen LogP contribution in [0.3, 0.4) is 0 Å². The van der Waals surface area contributed by atoms with Crippen LogP contribution in [0.2, 0.25) is 4.34 Å². The van der Waals surface area contributed by atoms with Crippen molar-refractivity contribution in [1.29, 1.82) is 0 Å². The summed E-state index contributed by atoms with van der Waals surface area (Å²) < 4.78 is 1.92. The Kier molecular flexibility index (Phi) is 3.66. The number of fused-ring (bicyclic) bond motifs is 1. The number of hydrogen-bond donors (Lipinski definition) is 0. The molecule has 0 aromatic carbocycles. The van der Waals surface area contributed by atoms with Gasteiger partial charge in [0.1, 0.15) is 9.34 Å². The Morgan fingerprint density at radius 3 is 3.11 bits per heavy atom. The molecule has 0 unspecified atom stereocenters. The number of rotatable bonds is 2. The van der Waals surface area contributed by atoms with Crippen molar-refractivity contribution in [3.63, 3.8) is 0 Å². The summed E-state index contributed by atoms with van der Waals surface area (Å²) in [6.07, 6.45) is 4.60. The van der Waals surface area contributed by atoms with Crippen molar-refractivity contribution in [3.05, 3.63) is 43.5 Å². The molecular formula is C12H11BrClN3S. The third-order valence-electron chi connectivity index (χ3n) is 3.02. The average Bonchev–Trinajstić information content (AvgIpc) is 2.75. The Bertz CT molecular complexity index is 572. The summed E-state index contributed by atoms with van der Waals surface area (Å²) in [5, 5.41) is 1.07. The summed E-state index contributed by atoms with van der Waals surface area (Å²) in [4.78, 5) is 11.1. The molecule has 1 aliphatic heterocycles. The minimum Gasteiger partial charge on any atom is -0.291 e. The average molecular weight is 345 g/mol. The lowest BCUT2D eigenvalue weighted by Crippen LogP contribution is -2.30. The first-order valence-corrected chi connectivity index (χ1v) is 7.66. The van der Waals surface area contributed by atoms with Crippen LogP contribution in [0.5, 0.6) is 0 Å². The zero-order valence-electron chi connectivity index (χ0n) is 9.57. The number of pyridine rings is 1. The van der Waals surface area contributed by atoms with E-state index in [1.807, 2.05) is 12.3 Å². The second-order valence-corrected chi connectivity index (χ2v) is 6.84. The molecule has 2 aromatic heterocycles. The van der Waals surface area contributed by atoms with Crippen molar-refractivity contribution < 1.29 is 0 Å². The van der Waals surface area contributed by atoms with E-state index in [0.29, 0.717) is 0 Å². The third-order valence-corrected chi connectivity index (χ3v) is 4.87. The zero-order valence-corrected chi connectivity index (χ0v) is 12.7. The van der Waals surface area contributed by atoms with Crippen molar-refractivity contribution >= 4 is 38.9 Å². The predicted octanol–water partition coefficient (Wildman–Crippen LogP) is 3.51. The monoisotopic (exact) mass is 343 g/mol. The van der Waals surface area contributed by atoms with Crippen LogP contribution in [0.4, 0.5) is 0 Å². The maximum Gasteiger partial charge on any atom is 0.113 e. The van der Waals surface area contributed by atoms with Gasteiger partial charge in [0.15, 0.2) is 0 Å². The van der Waals surface area contributed by atoms with Crippen molar-refractivity contribution in [2.75, 3.05) is 6.54 Å². The first-order valence-electron chi connectivity index (χ1n) is 5.67. The lowest BCUT2D eigenvalue weighted by atomic mass is 10.1. The standard InChI is InChI=1S/C12H11BrClN3S/c13-9-1-3-15-10-6-17(4-2-8(9)10)7-12-16-5-11(14)18-12/h1,3,5H,2,4,6-7H2. The summed E-state index contributed by atoms with van der Waals surface area (Å²) in [5.41, 5.74) is 2.50. The van der Waals surface area contributed by atoms with E-state index in [9.17, 15) is 0 Å². The molecule has 3 nitrogen and oxygen atoms in total. The van der Waals surface area contributed by atoms with Crippen molar-refractivity contribution in [3.8, 4) is 0 Å². The molecule has 3 heterocycles. The van der Waals surface area contributed by atoms with Crippen LogP contribution in [-0.4, -0.2) is 21.4 Å². The molecule has 1 aliphatic rings. The number of thiazole rings is 1. The minimum atomic E-state index is 0.753. The molecule has 0 saturated carbocycles. The van der Waals surface area contributed by atoms with Crippen LogP contribution in [0, 0.1) is 0 Å². The van der Waals surface area contributed by atoms with Gasteiger partial charge in [-0.15, -0.1) is 11.3 Å². The maximum absolute atomic E-state index is 5.90. The lowest BCUT2D eigenvalue weighted by Gasteiger charge is -2.27. The Labute approximate surface area is 123 Å². The highest BCUT2D eigenvalue weighted by molar-refractivity contribution is 9.10. The zero-order chi connectivity index (χ0) is 12.5. The van der Waals surface area contributed by atoms with Gasteiger partial charge in [-0.2, -0.15) is 0 Å². The normalized spacial score (nSPS) is 15.7. The highest BCUT2D eigenvalue weighted by atomic mass is 79.9. The number of halogens is 2. The minimum absolute atomic E-state index is 0.753. The van der Waals surface area contributed by atoms with Crippen molar-refractivity contribution in [2.24, 2.45) is 0 Å². The van der Waals surface area contributed by atoms with E-state index in [4.69, 9.17) is 11.6 Å². The van der Waals surface area contributed by atoms with Gasteiger partial charge in [-0.05, 0) is 18.1 Å². The molecule has 0 amide bonds. The van der Waals surface area contributed by atoms with Crippen LogP contribution in [0.15, 0.2) is 22.9 Å².